The van der Waals surface area contributed by atoms with Crippen LogP contribution >= 0.6 is 15.9 Å². The fourth-order valence-electron chi connectivity index (χ4n) is 1.85. The first-order valence-corrected chi connectivity index (χ1v) is 8.76. The number of hydrogen-bond donors (Lipinski definition) is 1. The van der Waals surface area contributed by atoms with E-state index >= 15 is 0 Å². The van der Waals surface area contributed by atoms with Crippen LogP contribution in [0.15, 0.2) is 27.6 Å². The topological polar surface area (TPSA) is 83.7 Å². The summed E-state index contributed by atoms with van der Waals surface area (Å²) in [6.45, 7) is 4.61. The highest BCUT2D eigenvalue weighted by Crippen LogP contribution is 2.26. The molecule has 0 bridgehead atoms. The quantitative estimate of drug-likeness (QED) is 0.761. The monoisotopic (exact) mass is 377 g/mol. The third-order valence-corrected chi connectivity index (χ3v) is 5.90. The standard InChI is InChI=1S/C13H20BrN3O3S/c1-4-17(5-2)13(18)9-16(3)21(19,20)12-7-6-10(15)8-11(12)14/h6-8H,4-5,9,15H2,1-3H3. The Balaban J connectivity index is 2.99. The van der Waals surface area contributed by atoms with Crippen molar-refractivity contribution in [3.05, 3.63) is 22.7 Å². The van der Waals surface area contributed by atoms with Gasteiger partial charge in [-0.05, 0) is 48.0 Å². The predicted molar refractivity (Wildman–Crippen MR) is 86.3 cm³/mol. The number of amides is 1. The number of halogens is 1. The van der Waals surface area contributed by atoms with E-state index in [1.807, 2.05) is 13.8 Å². The predicted octanol–water partition coefficient (Wildman–Crippen LogP) is 1.52. The van der Waals surface area contributed by atoms with Crippen LogP contribution in [0.2, 0.25) is 0 Å². The lowest BCUT2D eigenvalue weighted by Gasteiger charge is -2.23. The van der Waals surface area contributed by atoms with Gasteiger partial charge in [-0.2, -0.15) is 4.31 Å². The van der Waals surface area contributed by atoms with Crippen molar-refractivity contribution in [2.24, 2.45) is 0 Å². The van der Waals surface area contributed by atoms with Crippen molar-refractivity contribution in [3.63, 3.8) is 0 Å². The van der Waals surface area contributed by atoms with Crippen LogP contribution in [0.4, 0.5) is 5.69 Å². The molecule has 6 nitrogen and oxygen atoms in total. The van der Waals surface area contributed by atoms with Gasteiger partial charge in [-0.3, -0.25) is 4.79 Å². The fourth-order valence-corrected chi connectivity index (χ4v) is 4.02. The Morgan fingerprint density at radius 2 is 1.86 bits per heavy atom. The summed E-state index contributed by atoms with van der Waals surface area (Å²) in [6, 6.07) is 4.46. The van der Waals surface area contributed by atoms with Gasteiger partial charge in [0, 0.05) is 30.3 Å². The van der Waals surface area contributed by atoms with Gasteiger partial charge in [0.2, 0.25) is 15.9 Å². The molecule has 21 heavy (non-hydrogen) atoms. The molecule has 2 N–H and O–H groups in total. The van der Waals surface area contributed by atoms with Crippen molar-refractivity contribution in [2.45, 2.75) is 18.7 Å². The zero-order valence-corrected chi connectivity index (χ0v) is 14.7. The maximum atomic E-state index is 12.5. The summed E-state index contributed by atoms with van der Waals surface area (Å²) in [6.07, 6.45) is 0. The molecule has 1 aromatic rings. The second-order valence-electron chi connectivity index (χ2n) is 4.52. The number of nitrogens with two attached hydrogens (primary N) is 1. The Hall–Kier alpha value is -1.12. The second kappa shape index (κ2) is 7.24. The average Bonchev–Trinajstić information content (AvgIpc) is 2.39. The van der Waals surface area contributed by atoms with E-state index in [4.69, 9.17) is 5.73 Å². The summed E-state index contributed by atoms with van der Waals surface area (Å²) in [4.78, 5) is 13.7. The average molecular weight is 378 g/mol. The molecular weight excluding hydrogens is 358 g/mol. The molecule has 0 aliphatic heterocycles. The van der Waals surface area contributed by atoms with Crippen LogP contribution in [0.5, 0.6) is 0 Å². The number of carbonyl (C=O) groups is 1. The van der Waals surface area contributed by atoms with Crippen molar-refractivity contribution in [1.29, 1.82) is 0 Å². The Labute approximate surface area is 134 Å². The Bertz CT molecular complexity index is 615. The molecule has 8 heteroatoms. The van der Waals surface area contributed by atoms with Crippen LogP contribution in [0, 0.1) is 0 Å². The van der Waals surface area contributed by atoms with Crippen LogP contribution in [-0.4, -0.2) is 50.2 Å². The van der Waals surface area contributed by atoms with E-state index in [9.17, 15) is 13.2 Å². The van der Waals surface area contributed by atoms with Gasteiger partial charge in [0.1, 0.15) is 0 Å². The van der Waals surface area contributed by atoms with E-state index in [0.717, 1.165) is 4.31 Å². The summed E-state index contributed by atoms with van der Waals surface area (Å²) in [5.74, 6) is -0.224. The summed E-state index contributed by atoms with van der Waals surface area (Å²) in [7, 11) is -2.36. The molecule has 0 saturated carbocycles. The van der Waals surface area contributed by atoms with Crippen LogP contribution in [0.25, 0.3) is 0 Å². The minimum atomic E-state index is -3.75. The highest BCUT2D eigenvalue weighted by molar-refractivity contribution is 9.10. The first-order chi connectivity index (χ1) is 9.73. The van der Waals surface area contributed by atoms with E-state index < -0.39 is 10.0 Å². The lowest BCUT2D eigenvalue weighted by molar-refractivity contribution is -0.130. The molecule has 1 amide bonds. The largest absolute Gasteiger partial charge is 0.399 e. The number of benzene rings is 1. The van der Waals surface area contributed by atoms with Crippen molar-refractivity contribution >= 4 is 37.5 Å². The number of nitrogens with zero attached hydrogens (tertiary/aromatic N) is 2. The summed E-state index contributed by atoms with van der Waals surface area (Å²) < 4.78 is 26.4. The van der Waals surface area contributed by atoms with Crippen LogP contribution in [-0.2, 0) is 14.8 Å². The van der Waals surface area contributed by atoms with Crippen molar-refractivity contribution in [2.75, 3.05) is 32.4 Å². The van der Waals surface area contributed by atoms with Gasteiger partial charge in [0.15, 0.2) is 0 Å². The van der Waals surface area contributed by atoms with Crippen LogP contribution in [0.1, 0.15) is 13.8 Å². The molecule has 0 atom stereocenters. The molecule has 0 heterocycles. The molecule has 1 aromatic carbocycles. The lowest BCUT2D eigenvalue weighted by atomic mass is 10.3. The van der Waals surface area contributed by atoms with Crippen LogP contribution in [0.3, 0.4) is 0 Å². The molecule has 0 fully saturated rings. The Morgan fingerprint density at radius 1 is 1.29 bits per heavy atom. The number of hydrogen-bond acceptors (Lipinski definition) is 4. The normalized spacial score (nSPS) is 11.7. The number of sulfonamides is 1. The molecule has 118 valence electrons. The zero-order chi connectivity index (χ0) is 16.2. The number of carbonyl (C=O) groups excluding carboxylic acids is 1. The zero-order valence-electron chi connectivity index (χ0n) is 12.3. The van der Waals surface area contributed by atoms with E-state index in [-0.39, 0.29) is 17.3 Å². The van der Waals surface area contributed by atoms with Gasteiger partial charge in [-0.1, -0.05) is 0 Å². The molecule has 0 aliphatic carbocycles. The number of anilines is 1. The molecule has 0 unspecified atom stereocenters. The maximum absolute atomic E-state index is 12.5. The van der Waals surface area contributed by atoms with Crippen LogP contribution < -0.4 is 5.73 Å². The number of nitrogen functional groups attached to an aromatic ring is 1. The summed E-state index contributed by atoms with van der Waals surface area (Å²) in [5, 5.41) is 0. The maximum Gasteiger partial charge on any atom is 0.244 e. The third-order valence-electron chi connectivity index (χ3n) is 3.12. The Morgan fingerprint density at radius 3 is 2.33 bits per heavy atom. The molecule has 0 saturated heterocycles. The van der Waals surface area contributed by atoms with Crippen molar-refractivity contribution in [1.82, 2.24) is 9.21 Å². The first kappa shape index (κ1) is 17.9. The third kappa shape index (κ3) is 4.18. The Kier molecular flexibility index (Phi) is 6.18. The van der Waals surface area contributed by atoms with Gasteiger partial charge in [-0.25, -0.2) is 8.42 Å². The molecule has 0 aliphatic rings. The van der Waals surface area contributed by atoms with Gasteiger partial charge in [0.25, 0.3) is 0 Å². The lowest BCUT2D eigenvalue weighted by Crippen LogP contribution is -2.41. The highest BCUT2D eigenvalue weighted by atomic mass is 79.9. The number of likely N-dealkylation sites (N-methyl/N-ethyl adjacent to an activating group) is 2. The van der Waals surface area contributed by atoms with E-state index in [0.29, 0.717) is 23.2 Å². The highest BCUT2D eigenvalue weighted by Gasteiger charge is 2.26. The minimum absolute atomic E-state index is 0.0894. The molecule has 0 aromatic heterocycles. The molecule has 0 spiro atoms. The molecule has 1 rings (SSSR count). The van der Waals surface area contributed by atoms with Gasteiger partial charge in [-0.15, -0.1) is 0 Å². The summed E-state index contributed by atoms with van der Waals surface area (Å²) >= 11 is 3.19. The van der Waals surface area contributed by atoms with Gasteiger partial charge in [0.05, 0.1) is 11.4 Å². The number of rotatable bonds is 6. The molecule has 0 radical (unpaired) electrons. The van der Waals surface area contributed by atoms with Gasteiger partial charge >= 0.3 is 0 Å². The smallest absolute Gasteiger partial charge is 0.244 e. The fraction of sp³-hybridized carbons (Fsp3) is 0.462. The summed E-state index contributed by atoms with van der Waals surface area (Å²) in [5.41, 5.74) is 6.07. The minimum Gasteiger partial charge on any atom is -0.399 e. The second-order valence-corrected chi connectivity index (χ2v) is 7.38. The SMILES string of the molecule is CCN(CC)C(=O)CN(C)S(=O)(=O)c1ccc(N)cc1Br. The molecular formula is C13H20BrN3O3S. The van der Waals surface area contributed by atoms with E-state index in [1.165, 1.54) is 25.2 Å². The van der Waals surface area contributed by atoms with Crippen molar-refractivity contribution < 1.29 is 13.2 Å². The van der Waals surface area contributed by atoms with E-state index in [2.05, 4.69) is 15.9 Å². The van der Waals surface area contributed by atoms with Gasteiger partial charge < -0.3 is 10.6 Å². The van der Waals surface area contributed by atoms with Crippen molar-refractivity contribution in [3.8, 4) is 0 Å². The van der Waals surface area contributed by atoms with E-state index in [1.54, 1.807) is 4.90 Å². The first-order valence-electron chi connectivity index (χ1n) is 6.53.